The summed E-state index contributed by atoms with van der Waals surface area (Å²) in [4.78, 5) is 11.5. The second kappa shape index (κ2) is 4.33. The highest BCUT2D eigenvalue weighted by Crippen LogP contribution is 2.33. The molecule has 0 aliphatic carbocycles. The zero-order chi connectivity index (χ0) is 13.3. The molecule has 0 atom stereocenters. The van der Waals surface area contributed by atoms with Crippen LogP contribution in [-0.4, -0.2) is 13.1 Å². The van der Waals surface area contributed by atoms with Gasteiger partial charge in [0.2, 0.25) is 0 Å². The van der Waals surface area contributed by atoms with Gasteiger partial charge in [0.15, 0.2) is 0 Å². The first-order chi connectivity index (χ1) is 8.43. The van der Waals surface area contributed by atoms with Crippen LogP contribution in [0.2, 0.25) is 0 Å². The molecule has 0 fully saturated rings. The largest absolute Gasteiger partial charge is 0.465 e. The molecular formula is C13H9F3O2. The van der Waals surface area contributed by atoms with Crippen molar-refractivity contribution in [3.05, 3.63) is 47.5 Å². The Kier molecular flexibility index (Phi) is 2.98. The van der Waals surface area contributed by atoms with Gasteiger partial charge in [-0.15, -0.1) is 0 Å². The summed E-state index contributed by atoms with van der Waals surface area (Å²) in [6.07, 6.45) is -4.49. The monoisotopic (exact) mass is 254 g/mol. The highest BCUT2D eigenvalue weighted by atomic mass is 19.4. The number of methoxy groups -OCH3 is 1. The molecule has 0 aromatic heterocycles. The van der Waals surface area contributed by atoms with E-state index in [1.807, 2.05) is 0 Å². The maximum absolute atomic E-state index is 12.7. The number of halogens is 3. The molecule has 0 heterocycles. The molecule has 0 N–H and O–H groups in total. The van der Waals surface area contributed by atoms with E-state index in [1.54, 1.807) is 18.2 Å². The van der Waals surface area contributed by atoms with E-state index in [4.69, 9.17) is 0 Å². The Bertz CT molecular complexity index is 603. The second-order valence-corrected chi connectivity index (χ2v) is 3.73. The van der Waals surface area contributed by atoms with Gasteiger partial charge in [0.1, 0.15) is 0 Å². The van der Waals surface area contributed by atoms with Crippen LogP contribution in [0, 0.1) is 0 Å². The molecule has 5 heteroatoms. The lowest BCUT2D eigenvalue weighted by Crippen LogP contribution is -2.09. The number of carbonyl (C=O) groups is 1. The maximum Gasteiger partial charge on any atom is 0.416 e. The van der Waals surface area contributed by atoms with Gasteiger partial charge in [-0.2, -0.15) is 13.2 Å². The number of esters is 1. The van der Waals surface area contributed by atoms with E-state index in [1.165, 1.54) is 6.07 Å². The molecule has 2 nitrogen and oxygen atoms in total. The Morgan fingerprint density at radius 2 is 1.83 bits per heavy atom. The van der Waals surface area contributed by atoms with Crippen molar-refractivity contribution in [3.8, 4) is 0 Å². The zero-order valence-corrected chi connectivity index (χ0v) is 9.41. The number of hydrogen-bond donors (Lipinski definition) is 0. The molecule has 94 valence electrons. The van der Waals surface area contributed by atoms with Crippen molar-refractivity contribution < 1.29 is 22.7 Å². The minimum absolute atomic E-state index is 0.0806. The lowest BCUT2D eigenvalue weighted by molar-refractivity contribution is -0.137. The Hall–Kier alpha value is -2.04. The number of ether oxygens (including phenoxy) is 1. The predicted octanol–water partition coefficient (Wildman–Crippen LogP) is 3.65. The van der Waals surface area contributed by atoms with Crippen molar-refractivity contribution >= 4 is 16.7 Å². The van der Waals surface area contributed by atoms with Gasteiger partial charge < -0.3 is 4.74 Å². The summed E-state index contributed by atoms with van der Waals surface area (Å²) in [5.41, 5.74) is -0.940. The fourth-order valence-electron chi connectivity index (χ4n) is 1.75. The Morgan fingerprint density at radius 3 is 2.44 bits per heavy atom. The van der Waals surface area contributed by atoms with Crippen LogP contribution in [0.3, 0.4) is 0 Å². The van der Waals surface area contributed by atoms with Crippen LogP contribution in [0.5, 0.6) is 0 Å². The fourth-order valence-corrected chi connectivity index (χ4v) is 1.75. The van der Waals surface area contributed by atoms with Crippen molar-refractivity contribution in [1.82, 2.24) is 0 Å². The number of rotatable bonds is 1. The summed E-state index contributed by atoms with van der Waals surface area (Å²) in [6.45, 7) is 0. The Labute approximate surface area is 101 Å². The number of benzene rings is 2. The third-order valence-electron chi connectivity index (χ3n) is 2.59. The topological polar surface area (TPSA) is 26.3 Å². The SMILES string of the molecule is COC(=O)c1cc(C(F)(F)F)cc2ccccc12. The van der Waals surface area contributed by atoms with E-state index in [0.717, 1.165) is 19.2 Å². The van der Waals surface area contributed by atoms with Gasteiger partial charge in [-0.1, -0.05) is 24.3 Å². The third kappa shape index (κ3) is 2.16. The molecule has 0 saturated heterocycles. The normalized spacial score (nSPS) is 11.6. The van der Waals surface area contributed by atoms with Crippen molar-refractivity contribution in [1.29, 1.82) is 0 Å². The van der Waals surface area contributed by atoms with Crippen LogP contribution < -0.4 is 0 Å². The number of alkyl halides is 3. The van der Waals surface area contributed by atoms with Crippen LogP contribution in [-0.2, 0) is 10.9 Å². The summed E-state index contributed by atoms with van der Waals surface area (Å²) in [5, 5.41) is 0.796. The van der Waals surface area contributed by atoms with Gasteiger partial charge in [0, 0.05) is 0 Å². The molecule has 0 aliphatic rings. The van der Waals surface area contributed by atoms with Crippen molar-refractivity contribution in [3.63, 3.8) is 0 Å². The van der Waals surface area contributed by atoms with E-state index in [-0.39, 0.29) is 5.56 Å². The van der Waals surface area contributed by atoms with Crippen LogP contribution >= 0.6 is 0 Å². The second-order valence-electron chi connectivity index (χ2n) is 3.73. The minimum atomic E-state index is -4.49. The lowest BCUT2D eigenvalue weighted by atomic mass is 10.0. The van der Waals surface area contributed by atoms with Crippen LogP contribution in [0.25, 0.3) is 10.8 Å². The van der Waals surface area contributed by atoms with Gasteiger partial charge in [0.25, 0.3) is 0 Å². The van der Waals surface area contributed by atoms with Crippen molar-refractivity contribution in [2.24, 2.45) is 0 Å². The van der Waals surface area contributed by atoms with Crippen molar-refractivity contribution in [2.45, 2.75) is 6.18 Å². The molecule has 2 aromatic rings. The summed E-state index contributed by atoms with van der Waals surface area (Å²) in [5.74, 6) is -0.780. The quantitative estimate of drug-likeness (QED) is 0.726. The van der Waals surface area contributed by atoms with Crippen molar-refractivity contribution in [2.75, 3.05) is 7.11 Å². The van der Waals surface area contributed by atoms with Gasteiger partial charge >= 0.3 is 12.1 Å². The smallest absolute Gasteiger partial charge is 0.416 e. The number of fused-ring (bicyclic) bond motifs is 1. The van der Waals surface area contributed by atoms with Crippen LogP contribution in [0.1, 0.15) is 15.9 Å². The fraction of sp³-hybridized carbons (Fsp3) is 0.154. The maximum atomic E-state index is 12.7. The Balaban J connectivity index is 2.77. The minimum Gasteiger partial charge on any atom is -0.465 e. The van der Waals surface area contributed by atoms with E-state index < -0.39 is 17.7 Å². The number of carbonyl (C=O) groups excluding carboxylic acids is 1. The molecule has 0 radical (unpaired) electrons. The first-order valence-corrected chi connectivity index (χ1v) is 5.12. The summed E-state index contributed by atoms with van der Waals surface area (Å²) in [7, 11) is 1.14. The molecule has 0 amide bonds. The average molecular weight is 254 g/mol. The first kappa shape index (κ1) is 12.4. The zero-order valence-electron chi connectivity index (χ0n) is 9.41. The molecule has 0 unspecified atom stereocenters. The van der Waals surface area contributed by atoms with Gasteiger partial charge in [-0.05, 0) is 22.9 Å². The third-order valence-corrected chi connectivity index (χ3v) is 2.59. The van der Waals surface area contributed by atoms with Gasteiger partial charge in [0.05, 0.1) is 18.2 Å². The summed E-state index contributed by atoms with van der Waals surface area (Å²) in [6, 6.07) is 8.21. The standard InChI is InChI=1S/C13H9F3O2/c1-18-12(17)11-7-9(13(14,15)16)6-8-4-2-3-5-10(8)11/h2-7H,1H3. The summed E-state index contributed by atoms with van der Waals surface area (Å²) < 4.78 is 42.6. The lowest BCUT2D eigenvalue weighted by Gasteiger charge is -2.11. The van der Waals surface area contributed by atoms with Gasteiger partial charge in [-0.3, -0.25) is 0 Å². The van der Waals surface area contributed by atoms with Gasteiger partial charge in [-0.25, -0.2) is 4.79 Å². The Morgan fingerprint density at radius 1 is 1.17 bits per heavy atom. The molecule has 0 spiro atoms. The molecule has 2 aromatic carbocycles. The molecule has 0 aliphatic heterocycles. The van der Waals surface area contributed by atoms with Crippen LogP contribution in [0.15, 0.2) is 36.4 Å². The predicted molar refractivity (Wildman–Crippen MR) is 60.3 cm³/mol. The summed E-state index contributed by atoms with van der Waals surface area (Å²) >= 11 is 0. The molecule has 0 bridgehead atoms. The number of hydrogen-bond acceptors (Lipinski definition) is 2. The highest BCUT2D eigenvalue weighted by Gasteiger charge is 2.32. The van der Waals surface area contributed by atoms with Crippen LogP contribution in [0.4, 0.5) is 13.2 Å². The highest BCUT2D eigenvalue weighted by molar-refractivity contribution is 6.04. The molecule has 0 saturated carbocycles. The average Bonchev–Trinajstić information content (AvgIpc) is 2.35. The van der Waals surface area contributed by atoms with E-state index in [0.29, 0.717) is 10.8 Å². The molecular weight excluding hydrogens is 245 g/mol. The first-order valence-electron chi connectivity index (χ1n) is 5.12. The molecule has 2 rings (SSSR count). The van der Waals surface area contributed by atoms with E-state index >= 15 is 0 Å². The van der Waals surface area contributed by atoms with E-state index in [9.17, 15) is 18.0 Å². The molecule has 18 heavy (non-hydrogen) atoms. The van der Waals surface area contributed by atoms with E-state index in [2.05, 4.69) is 4.74 Å².